The van der Waals surface area contributed by atoms with Crippen molar-refractivity contribution in [2.45, 2.75) is 6.42 Å². The SMILES string of the molecule is NC(=S)N/N=C1/CCOc2cc(Cl)cnc21. The Morgan fingerprint density at radius 1 is 1.69 bits per heavy atom. The molecule has 0 saturated heterocycles. The lowest BCUT2D eigenvalue weighted by Crippen LogP contribution is -2.27. The van der Waals surface area contributed by atoms with E-state index in [1.807, 2.05) is 0 Å². The molecule has 0 spiro atoms. The average molecular weight is 257 g/mol. The molecule has 1 aromatic rings. The van der Waals surface area contributed by atoms with Crippen LogP contribution in [-0.4, -0.2) is 22.4 Å². The summed E-state index contributed by atoms with van der Waals surface area (Å²) in [7, 11) is 0. The number of nitrogens with two attached hydrogens (primary N) is 1. The van der Waals surface area contributed by atoms with Gasteiger partial charge in [-0.05, 0) is 12.2 Å². The van der Waals surface area contributed by atoms with Crippen LogP contribution in [0.2, 0.25) is 5.02 Å². The fourth-order valence-electron chi connectivity index (χ4n) is 1.35. The summed E-state index contributed by atoms with van der Waals surface area (Å²) in [5.74, 6) is 0.627. The standard InChI is InChI=1S/C9H9ClN4OS/c10-5-3-7-8(12-4-5)6(1-2-15-7)13-14-9(11)16/h3-4H,1-2H2,(H3,11,14,16)/b13-6-. The molecule has 84 valence electrons. The second-order valence-corrected chi connectivity index (χ2v) is 4.01. The molecule has 0 amide bonds. The molecule has 1 aromatic heterocycles. The highest BCUT2D eigenvalue weighted by atomic mass is 35.5. The first kappa shape index (κ1) is 11.1. The third kappa shape index (κ3) is 2.40. The molecule has 0 atom stereocenters. The number of hydrazone groups is 1. The quantitative estimate of drug-likeness (QED) is 0.581. The van der Waals surface area contributed by atoms with Gasteiger partial charge in [0.1, 0.15) is 11.4 Å². The van der Waals surface area contributed by atoms with Gasteiger partial charge in [-0.2, -0.15) is 5.10 Å². The van der Waals surface area contributed by atoms with Crippen LogP contribution < -0.4 is 15.9 Å². The number of hydrogen-bond acceptors (Lipinski definition) is 4. The molecule has 7 heteroatoms. The summed E-state index contributed by atoms with van der Waals surface area (Å²) in [5, 5.41) is 4.72. The Morgan fingerprint density at radius 3 is 3.25 bits per heavy atom. The van der Waals surface area contributed by atoms with Crippen molar-refractivity contribution in [3.63, 3.8) is 0 Å². The molecule has 3 N–H and O–H groups in total. The lowest BCUT2D eigenvalue weighted by atomic mass is 10.1. The van der Waals surface area contributed by atoms with E-state index in [4.69, 9.17) is 22.1 Å². The number of aromatic nitrogens is 1. The Balaban J connectivity index is 2.33. The van der Waals surface area contributed by atoms with Crippen LogP contribution in [0.5, 0.6) is 5.75 Å². The maximum Gasteiger partial charge on any atom is 0.184 e. The number of thiocarbonyl (C=S) groups is 1. The number of hydrogen-bond donors (Lipinski definition) is 2. The van der Waals surface area contributed by atoms with Crippen LogP contribution in [0.15, 0.2) is 17.4 Å². The summed E-state index contributed by atoms with van der Waals surface area (Å²) in [6.45, 7) is 0.535. The molecule has 2 heterocycles. The fourth-order valence-corrected chi connectivity index (χ4v) is 1.55. The van der Waals surface area contributed by atoms with E-state index in [1.165, 1.54) is 0 Å². The molecule has 2 rings (SSSR count). The van der Waals surface area contributed by atoms with E-state index in [0.717, 1.165) is 5.71 Å². The molecule has 0 saturated carbocycles. The first-order chi connectivity index (χ1) is 7.66. The van der Waals surface area contributed by atoms with Crippen molar-refractivity contribution in [3.8, 4) is 5.75 Å². The van der Waals surface area contributed by atoms with E-state index in [0.29, 0.717) is 29.5 Å². The summed E-state index contributed by atoms with van der Waals surface area (Å²) < 4.78 is 5.42. The van der Waals surface area contributed by atoms with Gasteiger partial charge >= 0.3 is 0 Å². The minimum atomic E-state index is 0.120. The largest absolute Gasteiger partial charge is 0.491 e. The summed E-state index contributed by atoms with van der Waals surface area (Å²) in [6, 6.07) is 1.71. The molecule has 5 nitrogen and oxygen atoms in total. The minimum Gasteiger partial charge on any atom is -0.491 e. The van der Waals surface area contributed by atoms with Crippen LogP contribution in [0.1, 0.15) is 12.1 Å². The van der Waals surface area contributed by atoms with Gasteiger partial charge in [-0.3, -0.25) is 5.43 Å². The van der Waals surface area contributed by atoms with Gasteiger partial charge in [0.15, 0.2) is 5.11 Å². The zero-order chi connectivity index (χ0) is 11.5. The Morgan fingerprint density at radius 2 is 2.50 bits per heavy atom. The van der Waals surface area contributed by atoms with E-state index in [9.17, 15) is 0 Å². The summed E-state index contributed by atoms with van der Waals surface area (Å²) in [5.41, 5.74) is 9.25. The summed E-state index contributed by atoms with van der Waals surface area (Å²) in [4.78, 5) is 4.17. The lowest BCUT2D eigenvalue weighted by Gasteiger charge is -2.17. The van der Waals surface area contributed by atoms with E-state index >= 15 is 0 Å². The van der Waals surface area contributed by atoms with Crippen LogP contribution in [0.4, 0.5) is 0 Å². The maximum absolute atomic E-state index is 5.81. The number of pyridine rings is 1. The fraction of sp³-hybridized carbons (Fsp3) is 0.222. The van der Waals surface area contributed by atoms with Crippen molar-refractivity contribution in [1.82, 2.24) is 10.4 Å². The van der Waals surface area contributed by atoms with Crippen molar-refractivity contribution in [2.75, 3.05) is 6.61 Å². The zero-order valence-electron chi connectivity index (χ0n) is 8.24. The molecule has 0 aromatic carbocycles. The normalized spacial score (nSPS) is 16.4. The number of rotatable bonds is 1. The topological polar surface area (TPSA) is 72.5 Å². The predicted octanol–water partition coefficient (Wildman–Crippen LogP) is 1.05. The predicted molar refractivity (Wildman–Crippen MR) is 65.8 cm³/mol. The van der Waals surface area contributed by atoms with E-state index < -0.39 is 0 Å². The number of nitrogens with zero attached hydrogens (tertiary/aromatic N) is 2. The van der Waals surface area contributed by atoms with E-state index in [-0.39, 0.29) is 5.11 Å². The molecule has 0 bridgehead atoms. The molecule has 1 aliphatic heterocycles. The highest BCUT2D eigenvalue weighted by Crippen LogP contribution is 2.25. The van der Waals surface area contributed by atoms with Gasteiger partial charge in [0.25, 0.3) is 0 Å². The monoisotopic (exact) mass is 256 g/mol. The molecular weight excluding hydrogens is 248 g/mol. The van der Waals surface area contributed by atoms with Crippen LogP contribution in [0.25, 0.3) is 0 Å². The van der Waals surface area contributed by atoms with E-state index in [1.54, 1.807) is 12.3 Å². The Hall–Kier alpha value is -1.40. The van der Waals surface area contributed by atoms with Crippen molar-refractivity contribution in [3.05, 3.63) is 23.0 Å². The second kappa shape index (κ2) is 4.63. The van der Waals surface area contributed by atoms with Crippen LogP contribution in [0, 0.1) is 0 Å². The van der Waals surface area contributed by atoms with Crippen LogP contribution in [0.3, 0.4) is 0 Å². The molecular formula is C9H9ClN4OS. The third-order valence-corrected chi connectivity index (χ3v) is 2.29. The van der Waals surface area contributed by atoms with Crippen molar-refractivity contribution < 1.29 is 4.74 Å². The summed E-state index contributed by atoms with van der Waals surface area (Å²) >= 11 is 10.5. The Kier molecular flexibility index (Phi) is 3.21. The number of fused-ring (bicyclic) bond motifs is 1. The molecule has 0 fully saturated rings. The number of halogens is 1. The van der Waals surface area contributed by atoms with Gasteiger partial charge < -0.3 is 10.5 Å². The molecule has 0 radical (unpaired) electrons. The Bertz CT molecular complexity index is 463. The van der Waals surface area contributed by atoms with Gasteiger partial charge in [0.2, 0.25) is 0 Å². The van der Waals surface area contributed by atoms with Gasteiger partial charge in [-0.15, -0.1) is 0 Å². The first-order valence-corrected chi connectivity index (χ1v) is 5.36. The Labute approximate surface area is 103 Å². The van der Waals surface area contributed by atoms with Crippen molar-refractivity contribution >= 4 is 34.6 Å². The number of nitrogens with one attached hydrogen (secondary N) is 1. The van der Waals surface area contributed by atoms with Gasteiger partial charge in [-0.1, -0.05) is 11.6 Å². The highest BCUT2D eigenvalue weighted by molar-refractivity contribution is 7.80. The zero-order valence-corrected chi connectivity index (χ0v) is 9.81. The maximum atomic E-state index is 5.81. The second-order valence-electron chi connectivity index (χ2n) is 3.13. The lowest BCUT2D eigenvalue weighted by molar-refractivity contribution is 0.318. The van der Waals surface area contributed by atoms with Crippen molar-refractivity contribution in [2.24, 2.45) is 10.8 Å². The first-order valence-electron chi connectivity index (χ1n) is 4.57. The minimum absolute atomic E-state index is 0.120. The molecule has 16 heavy (non-hydrogen) atoms. The van der Waals surface area contributed by atoms with Crippen LogP contribution >= 0.6 is 23.8 Å². The average Bonchev–Trinajstić information content (AvgIpc) is 2.25. The van der Waals surface area contributed by atoms with E-state index in [2.05, 4.69) is 27.7 Å². The molecule has 0 unspecified atom stereocenters. The van der Waals surface area contributed by atoms with Crippen LogP contribution in [-0.2, 0) is 0 Å². The van der Waals surface area contributed by atoms with Gasteiger partial charge in [-0.25, -0.2) is 4.98 Å². The van der Waals surface area contributed by atoms with Gasteiger partial charge in [0, 0.05) is 18.7 Å². The third-order valence-electron chi connectivity index (χ3n) is 1.99. The number of ether oxygens (including phenoxy) is 1. The summed E-state index contributed by atoms with van der Waals surface area (Å²) in [6.07, 6.45) is 2.20. The molecule has 0 aliphatic carbocycles. The van der Waals surface area contributed by atoms with Gasteiger partial charge in [0.05, 0.1) is 17.3 Å². The van der Waals surface area contributed by atoms with Crippen molar-refractivity contribution in [1.29, 1.82) is 0 Å². The highest BCUT2D eigenvalue weighted by Gasteiger charge is 2.18. The molecule has 1 aliphatic rings. The smallest absolute Gasteiger partial charge is 0.184 e.